The molecule has 0 fully saturated rings. The minimum absolute atomic E-state index is 0.442. The molecule has 0 saturated carbocycles. The van der Waals surface area contributed by atoms with Crippen molar-refractivity contribution in [1.82, 2.24) is 9.55 Å². The number of nitrogens with one attached hydrogen (secondary N) is 1. The van der Waals surface area contributed by atoms with E-state index in [4.69, 9.17) is 4.98 Å². The number of rotatable bonds is 10. The van der Waals surface area contributed by atoms with Gasteiger partial charge in [-0.25, -0.2) is 4.98 Å². The molecule has 0 aliphatic heterocycles. The summed E-state index contributed by atoms with van der Waals surface area (Å²) in [5.74, 6) is 0. The van der Waals surface area contributed by atoms with E-state index in [1.807, 2.05) is 6.33 Å². The predicted octanol–water partition coefficient (Wildman–Crippen LogP) is 7.45. The van der Waals surface area contributed by atoms with E-state index in [0.29, 0.717) is 6.04 Å². The summed E-state index contributed by atoms with van der Waals surface area (Å²) < 4.78 is 2.41. The third kappa shape index (κ3) is 5.24. The van der Waals surface area contributed by atoms with Gasteiger partial charge < -0.3 is 9.88 Å². The van der Waals surface area contributed by atoms with Gasteiger partial charge in [-0.15, -0.1) is 0 Å². The molecule has 158 valence electrons. The van der Waals surface area contributed by atoms with Crippen molar-refractivity contribution in [3.8, 4) is 22.5 Å². The molecule has 0 bridgehead atoms. The summed E-state index contributed by atoms with van der Waals surface area (Å²) in [6, 6.07) is 32.1. The van der Waals surface area contributed by atoms with Crippen molar-refractivity contribution < 1.29 is 0 Å². The van der Waals surface area contributed by atoms with Gasteiger partial charge in [-0.1, -0.05) is 85.8 Å². The van der Waals surface area contributed by atoms with Crippen molar-refractivity contribution in [2.45, 2.75) is 38.6 Å². The summed E-state index contributed by atoms with van der Waals surface area (Å²) in [6.07, 6.45) is 6.63. The highest BCUT2D eigenvalue weighted by atomic mass is 15.1. The fraction of sp³-hybridized carbons (Fsp3) is 0.250. The van der Waals surface area contributed by atoms with Crippen LogP contribution in [0.1, 0.15) is 38.6 Å². The molecule has 3 heteroatoms. The van der Waals surface area contributed by atoms with Gasteiger partial charge in [-0.05, 0) is 37.8 Å². The average molecular weight is 410 g/mol. The first-order valence-corrected chi connectivity index (χ1v) is 11.3. The van der Waals surface area contributed by atoms with Crippen LogP contribution in [0, 0.1) is 0 Å². The van der Waals surface area contributed by atoms with Crippen molar-refractivity contribution in [3.63, 3.8) is 0 Å². The fourth-order valence-electron chi connectivity index (χ4n) is 4.16. The lowest BCUT2D eigenvalue weighted by molar-refractivity contribution is 0.438. The van der Waals surface area contributed by atoms with Crippen LogP contribution in [0.2, 0.25) is 0 Å². The van der Waals surface area contributed by atoms with Gasteiger partial charge >= 0.3 is 0 Å². The number of para-hydroxylation sites is 1. The Kier molecular flexibility index (Phi) is 7.17. The Bertz CT molecular complexity index is 1040. The van der Waals surface area contributed by atoms with Crippen LogP contribution < -0.4 is 5.32 Å². The van der Waals surface area contributed by atoms with Crippen molar-refractivity contribution in [2.75, 3.05) is 11.9 Å². The summed E-state index contributed by atoms with van der Waals surface area (Å²) >= 11 is 0. The minimum atomic E-state index is 0.442. The lowest BCUT2D eigenvalue weighted by atomic mass is 10.0. The molecule has 4 aromatic rings. The maximum absolute atomic E-state index is 4.87. The van der Waals surface area contributed by atoms with Crippen molar-refractivity contribution >= 4 is 5.69 Å². The Labute approximate surface area is 185 Å². The minimum Gasteiger partial charge on any atom is -0.385 e. The van der Waals surface area contributed by atoms with Gasteiger partial charge in [0.05, 0.1) is 17.7 Å². The van der Waals surface area contributed by atoms with E-state index in [-0.39, 0.29) is 0 Å². The molecule has 0 radical (unpaired) electrons. The van der Waals surface area contributed by atoms with Crippen LogP contribution in [0.25, 0.3) is 22.5 Å². The van der Waals surface area contributed by atoms with Crippen LogP contribution in [0.5, 0.6) is 0 Å². The average Bonchev–Trinajstić information content (AvgIpc) is 3.28. The summed E-state index contributed by atoms with van der Waals surface area (Å²) in [6.45, 7) is 3.29. The number of hydrogen-bond acceptors (Lipinski definition) is 2. The second kappa shape index (κ2) is 10.6. The van der Waals surface area contributed by atoms with E-state index >= 15 is 0 Å². The molecule has 3 aromatic carbocycles. The van der Waals surface area contributed by atoms with Gasteiger partial charge in [0.15, 0.2) is 0 Å². The zero-order chi connectivity index (χ0) is 21.3. The molecule has 0 aliphatic carbocycles. The number of hydrogen-bond donors (Lipinski definition) is 1. The maximum atomic E-state index is 4.87. The molecule has 0 spiro atoms. The van der Waals surface area contributed by atoms with Crippen LogP contribution >= 0.6 is 0 Å². The van der Waals surface area contributed by atoms with Gasteiger partial charge in [-0.3, -0.25) is 0 Å². The van der Waals surface area contributed by atoms with Crippen LogP contribution in [-0.4, -0.2) is 16.1 Å². The first kappa shape index (κ1) is 20.9. The maximum Gasteiger partial charge on any atom is 0.0963 e. The van der Waals surface area contributed by atoms with Crippen molar-refractivity contribution in [3.05, 3.63) is 97.3 Å². The van der Waals surface area contributed by atoms with E-state index in [9.17, 15) is 0 Å². The van der Waals surface area contributed by atoms with Gasteiger partial charge in [-0.2, -0.15) is 0 Å². The predicted molar refractivity (Wildman–Crippen MR) is 131 cm³/mol. The topological polar surface area (TPSA) is 29.9 Å². The zero-order valence-electron chi connectivity index (χ0n) is 18.2. The smallest absolute Gasteiger partial charge is 0.0963 e. The summed E-state index contributed by atoms with van der Waals surface area (Å²) in [5, 5.41) is 3.52. The first-order chi connectivity index (χ1) is 15.4. The Morgan fingerprint density at radius 3 is 2.03 bits per heavy atom. The molecule has 31 heavy (non-hydrogen) atoms. The first-order valence-electron chi connectivity index (χ1n) is 11.3. The molecule has 1 atom stereocenters. The second-order valence-electron chi connectivity index (χ2n) is 7.93. The monoisotopic (exact) mass is 409 g/mol. The van der Waals surface area contributed by atoms with Gasteiger partial charge in [0.1, 0.15) is 0 Å². The van der Waals surface area contributed by atoms with Crippen molar-refractivity contribution in [1.29, 1.82) is 0 Å². The number of benzene rings is 3. The van der Waals surface area contributed by atoms with Crippen LogP contribution in [-0.2, 0) is 0 Å². The molecular weight excluding hydrogens is 378 g/mol. The molecule has 1 aromatic heterocycles. The molecule has 0 aliphatic rings. The number of anilines is 1. The molecule has 1 unspecified atom stereocenters. The Hall–Kier alpha value is -3.33. The highest BCUT2D eigenvalue weighted by molar-refractivity contribution is 5.78. The van der Waals surface area contributed by atoms with Gasteiger partial charge in [0.25, 0.3) is 0 Å². The molecule has 4 rings (SSSR count). The quantitative estimate of drug-likeness (QED) is 0.276. The van der Waals surface area contributed by atoms with E-state index in [1.165, 1.54) is 28.9 Å². The summed E-state index contributed by atoms with van der Waals surface area (Å²) in [5.41, 5.74) is 5.88. The van der Waals surface area contributed by atoms with Crippen LogP contribution in [0.3, 0.4) is 0 Å². The third-order valence-corrected chi connectivity index (χ3v) is 5.82. The molecule has 0 amide bonds. The van der Waals surface area contributed by atoms with Gasteiger partial charge in [0.2, 0.25) is 0 Å². The number of unbranched alkanes of at least 4 members (excludes halogenated alkanes) is 1. The summed E-state index contributed by atoms with van der Waals surface area (Å²) in [4.78, 5) is 4.87. The molecule has 1 heterocycles. The van der Waals surface area contributed by atoms with Gasteiger partial charge in [0, 0.05) is 29.4 Å². The third-order valence-electron chi connectivity index (χ3n) is 5.82. The van der Waals surface area contributed by atoms with E-state index in [0.717, 1.165) is 31.5 Å². The molecule has 3 nitrogen and oxygen atoms in total. The number of imidazole rings is 1. The number of aromatic nitrogens is 2. The zero-order valence-corrected chi connectivity index (χ0v) is 18.2. The highest BCUT2D eigenvalue weighted by Crippen LogP contribution is 2.35. The normalized spacial score (nSPS) is 11.9. The standard InChI is InChI=1S/C28H31N3/c1-2-26(20-12-13-21-29-25-18-10-5-11-19-25)31-22-30-27(23-14-6-3-7-15-23)28(31)24-16-8-4-9-17-24/h3-11,14-19,22,26,29H,2,12-13,20-21H2,1H3. The van der Waals surface area contributed by atoms with E-state index in [1.54, 1.807) is 0 Å². The molecule has 0 saturated heterocycles. The Balaban J connectivity index is 1.49. The largest absolute Gasteiger partial charge is 0.385 e. The lowest BCUT2D eigenvalue weighted by Crippen LogP contribution is -2.10. The number of nitrogens with zero attached hydrogens (tertiary/aromatic N) is 2. The molecule has 1 N–H and O–H groups in total. The van der Waals surface area contributed by atoms with E-state index < -0.39 is 0 Å². The summed E-state index contributed by atoms with van der Waals surface area (Å²) in [7, 11) is 0. The highest BCUT2D eigenvalue weighted by Gasteiger charge is 2.19. The Morgan fingerprint density at radius 2 is 1.39 bits per heavy atom. The SMILES string of the molecule is CCC(CCCCNc1ccccc1)n1cnc(-c2ccccc2)c1-c1ccccc1. The molecular formula is C28H31N3. The lowest BCUT2D eigenvalue weighted by Gasteiger charge is -2.20. The van der Waals surface area contributed by atoms with Crippen molar-refractivity contribution in [2.24, 2.45) is 0 Å². The second-order valence-corrected chi connectivity index (χ2v) is 7.93. The van der Waals surface area contributed by atoms with E-state index in [2.05, 4.69) is 108 Å². The fourth-order valence-corrected chi connectivity index (χ4v) is 4.16. The van der Waals surface area contributed by atoms with Crippen LogP contribution in [0.15, 0.2) is 97.3 Å². The van der Waals surface area contributed by atoms with Crippen LogP contribution in [0.4, 0.5) is 5.69 Å². The Morgan fingerprint density at radius 1 is 0.774 bits per heavy atom.